The van der Waals surface area contributed by atoms with Gasteiger partial charge in [0.2, 0.25) is 5.91 Å². The number of nitrogens with one attached hydrogen (secondary N) is 1. The van der Waals surface area contributed by atoms with E-state index in [0.29, 0.717) is 0 Å². The Morgan fingerprint density at radius 1 is 1.04 bits per heavy atom. The van der Waals surface area contributed by atoms with Crippen molar-refractivity contribution < 1.29 is 4.79 Å². The highest BCUT2D eigenvalue weighted by atomic mass is 16.2. The second-order valence-corrected chi connectivity index (χ2v) is 6.74. The predicted molar refractivity (Wildman–Crippen MR) is 104 cm³/mol. The van der Waals surface area contributed by atoms with Crippen molar-refractivity contribution in [3.05, 3.63) is 71.8 Å². The minimum Gasteiger partial charge on any atom is -0.379 e. The molecule has 3 nitrogen and oxygen atoms in total. The van der Waals surface area contributed by atoms with Gasteiger partial charge < -0.3 is 10.2 Å². The summed E-state index contributed by atoms with van der Waals surface area (Å²) in [5.74, 6) is 0.115. The topological polar surface area (TPSA) is 32.3 Å². The quantitative estimate of drug-likeness (QED) is 0.739. The predicted octanol–water partition coefficient (Wildman–Crippen LogP) is 4.92. The van der Waals surface area contributed by atoms with Gasteiger partial charge in [-0.25, -0.2) is 0 Å². The van der Waals surface area contributed by atoms with Crippen LogP contribution < -0.4 is 10.2 Å². The zero-order chi connectivity index (χ0) is 17.4. The number of carbonyl (C=O) groups excluding carboxylic acids is 1. The monoisotopic (exact) mass is 330 g/mol. The molecule has 0 saturated heterocycles. The standard InChI is InChI=1S/C22H22N2O/c1-15(18-8-7-17-5-3-4-6-19(17)13-18)23-21-9-10-22-20(14-21)11-12-24(22)16(2)25/h3-10,13-15,23H,11-12H2,1-2H3. The van der Waals surface area contributed by atoms with Crippen LogP contribution in [0.25, 0.3) is 10.8 Å². The molecule has 3 aromatic rings. The Kier molecular flexibility index (Phi) is 3.92. The molecular formula is C22H22N2O. The molecular weight excluding hydrogens is 308 g/mol. The Bertz CT molecular complexity index is 948. The largest absolute Gasteiger partial charge is 0.379 e. The van der Waals surface area contributed by atoms with Crippen LogP contribution in [0.2, 0.25) is 0 Å². The molecule has 0 aromatic heterocycles. The lowest BCUT2D eigenvalue weighted by molar-refractivity contribution is -0.116. The second kappa shape index (κ2) is 6.25. The summed E-state index contributed by atoms with van der Waals surface area (Å²) in [6.07, 6.45) is 0.925. The van der Waals surface area contributed by atoms with Crippen LogP contribution in [0.15, 0.2) is 60.7 Å². The summed E-state index contributed by atoms with van der Waals surface area (Å²) in [4.78, 5) is 13.5. The molecule has 126 valence electrons. The van der Waals surface area contributed by atoms with Gasteiger partial charge in [-0.3, -0.25) is 4.79 Å². The summed E-state index contributed by atoms with van der Waals surface area (Å²) >= 11 is 0. The van der Waals surface area contributed by atoms with E-state index in [1.54, 1.807) is 6.92 Å². The Balaban J connectivity index is 1.56. The molecule has 1 heterocycles. The molecule has 1 amide bonds. The Labute approximate surface area is 148 Å². The third kappa shape index (κ3) is 2.98. The molecule has 4 rings (SSSR count). The summed E-state index contributed by atoms with van der Waals surface area (Å²) < 4.78 is 0. The maximum Gasteiger partial charge on any atom is 0.223 e. The average molecular weight is 330 g/mol. The van der Waals surface area contributed by atoms with Gasteiger partial charge in [0.1, 0.15) is 0 Å². The van der Waals surface area contributed by atoms with Crippen LogP contribution in [0.4, 0.5) is 11.4 Å². The van der Waals surface area contributed by atoms with Crippen molar-refractivity contribution in [2.75, 3.05) is 16.8 Å². The van der Waals surface area contributed by atoms with Crippen LogP contribution >= 0.6 is 0 Å². The molecule has 1 aliphatic rings. The van der Waals surface area contributed by atoms with Gasteiger partial charge in [0, 0.05) is 30.9 Å². The molecule has 1 aliphatic heterocycles. The molecule has 0 bridgehead atoms. The van der Waals surface area contributed by atoms with Crippen LogP contribution in [-0.2, 0) is 11.2 Å². The van der Waals surface area contributed by atoms with Crippen molar-refractivity contribution >= 4 is 28.1 Å². The Hall–Kier alpha value is -2.81. The van der Waals surface area contributed by atoms with Gasteiger partial charge in [0.15, 0.2) is 0 Å². The molecule has 3 heteroatoms. The fourth-order valence-electron chi connectivity index (χ4n) is 3.63. The summed E-state index contributed by atoms with van der Waals surface area (Å²) in [5.41, 5.74) is 4.66. The van der Waals surface area contributed by atoms with Crippen molar-refractivity contribution in [3.8, 4) is 0 Å². The van der Waals surface area contributed by atoms with E-state index in [9.17, 15) is 4.79 Å². The van der Waals surface area contributed by atoms with Gasteiger partial charge >= 0.3 is 0 Å². The first kappa shape index (κ1) is 15.7. The highest BCUT2D eigenvalue weighted by Crippen LogP contribution is 2.32. The molecule has 0 fully saturated rings. The van der Waals surface area contributed by atoms with Gasteiger partial charge in [0.05, 0.1) is 0 Å². The SMILES string of the molecule is CC(=O)N1CCc2cc(NC(C)c3ccc4ccccc4c3)ccc21. The molecule has 0 radical (unpaired) electrons. The number of carbonyl (C=O) groups is 1. The van der Waals surface area contributed by atoms with E-state index in [0.717, 1.165) is 24.3 Å². The van der Waals surface area contributed by atoms with E-state index in [1.165, 1.54) is 21.9 Å². The number of amides is 1. The maximum absolute atomic E-state index is 11.7. The molecule has 0 saturated carbocycles. The van der Waals surface area contributed by atoms with Gasteiger partial charge in [-0.2, -0.15) is 0 Å². The molecule has 1 atom stereocenters. The summed E-state index contributed by atoms with van der Waals surface area (Å²) in [6, 6.07) is 21.6. The van der Waals surface area contributed by atoms with Crippen molar-refractivity contribution in [1.29, 1.82) is 0 Å². The van der Waals surface area contributed by atoms with Crippen molar-refractivity contribution in [2.24, 2.45) is 0 Å². The van der Waals surface area contributed by atoms with Crippen LogP contribution in [0.5, 0.6) is 0 Å². The summed E-state index contributed by atoms with van der Waals surface area (Å²) in [5, 5.41) is 6.12. The average Bonchev–Trinajstić information content (AvgIpc) is 3.04. The number of hydrogen-bond donors (Lipinski definition) is 1. The fourth-order valence-corrected chi connectivity index (χ4v) is 3.63. The molecule has 1 unspecified atom stereocenters. The van der Waals surface area contributed by atoms with Crippen molar-refractivity contribution in [1.82, 2.24) is 0 Å². The minimum absolute atomic E-state index is 0.115. The van der Waals surface area contributed by atoms with Gasteiger partial charge in [0.25, 0.3) is 0 Å². The number of fused-ring (bicyclic) bond motifs is 2. The van der Waals surface area contributed by atoms with Gasteiger partial charge in [-0.15, -0.1) is 0 Å². The first-order valence-corrected chi connectivity index (χ1v) is 8.78. The van der Waals surface area contributed by atoms with Crippen LogP contribution in [0.3, 0.4) is 0 Å². The zero-order valence-electron chi connectivity index (χ0n) is 14.6. The van der Waals surface area contributed by atoms with Gasteiger partial charge in [-0.1, -0.05) is 36.4 Å². The van der Waals surface area contributed by atoms with E-state index >= 15 is 0 Å². The summed E-state index contributed by atoms with van der Waals surface area (Å²) in [6.45, 7) is 4.59. The van der Waals surface area contributed by atoms with Crippen molar-refractivity contribution in [3.63, 3.8) is 0 Å². The van der Waals surface area contributed by atoms with E-state index in [-0.39, 0.29) is 11.9 Å². The normalized spacial score (nSPS) is 14.4. The van der Waals surface area contributed by atoms with E-state index in [1.807, 2.05) is 4.90 Å². The minimum atomic E-state index is 0.115. The van der Waals surface area contributed by atoms with Crippen LogP contribution in [0.1, 0.15) is 31.0 Å². The van der Waals surface area contributed by atoms with E-state index < -0.39 is 0 Å². The molecule has 3 aromatic carbocycles. The summed E-state index contributed by atoms with van der Waals surface area (Å²) in [7, 11) is 0. The molecule has 0 aliphatic carbocycles. The highest BCUT2D eigenvalue weighted by molar-refractivity contribution is 5.94. The van der Waals surface area contributed by atoms with E-state index in [4.69, 9.17) is 0 Å². The van der Waals surface area contributed by atoms with Crippen molar-refractivity contribution in [2.45, 2.75) is 26.3 Å². The number of benzene rings is 3. The smallest absolute Gasteiger partial charge is 0.223 e. The Morgan fingerprint density at radius 2 is 1.84 bits per heavy atom. The highest BCUT2D eigenvalue weighted by Gasteiger charge is 2.22. The first-order chi connectivity index (χ1) is 12.1. The van der Waals surface area contributed by atoms with Crippen LogP contribution in [0, 0.1) is 0 Å². The second-order valence-electron chi connectivity index (χ2n) is 6.74. The van der Waals surface area contributed by atoms with E-state index in [2.05, 4.69) is 72.9 Å². The Morgan fingerprint density at radius 3 is 2.64 bits per heavy atom. The molecule has 0 spiro atoms. The molecule has 1 N–H and O–H groups in total. The number of rotatable bonds is 3. The van der Waals surface area contributed by atoms with Crippen LogP contribution in [-0.4, -0.2) is 12.5 Å². The number of anilines is 2. The zero-order valence-corrected chi connectivity index (χ0v) is 14.6. The fraction of sp³-hybridized carbons (Fsp3) is 0.227. The third-order valence-electron chi connectivity index (χ3n) is 5.01. The lowest BCUT2D eigenvalue weighted by atomic mass is 10.0. The third-order valence-corrected chi connectivity index (χ3v) is 5.01. The lowest BCUT2D eigenvalue weighted by Crippen LogP contribution is -2.25. The number of hydrogen-bond acceptors (Lipinski definition) is 2. The molecule has 25 heavy (non-hydrogen) atoms. The first-order valence-electron chi connectivity index (χ1n) is 8.78. The van der Waals surface area contributed by atoms with Gasteiger partial charge in [-0.05, 0) is 59.5 Å². The maximum atomic E-state index is 11.7. The number of nitrogens with zero attached hydrogens (tertiary/aromatic N) is 1. The lowest BCUT2D eigenvalue weighted by Gasteiger charge is -2.18.